The number of para-hydroxylation sites is 1. The van der Waals surface area contributed by atoms with E-state index in [1.54, 1.807) is 41.8 Å². The number of aromatic nitrogens is 2. The summed E-state index contributed by atoms with van der Waals surface area (Å²) in [7, 11) is 0. The normalized spacial score (nSPS) is 11.6. The Morgan fingerprint density at radius 2 is 1.73 bits per heavy atom. The SMILES string of the molecule is O=C(NCc1ccccc1)[C@H](c1ccco1)N(C(=O)c1csnn1)c1ccccc1. The van der Waals surface area contributed by atoms with Crippen molar-refractivity contribution >= 4 is 29.0 Å². The Kier molecular flexibility index (Phi) is 5.95. The minimum Gasteiger partial charge on any atom is -0.467 e. The van der Waals surface area contributed by atoms with Crippen LogP contribution in [0, 0.1) is 0 Å². The van der Waals surface area contributed by atoms with E-state index in [9.17, 15) is 9.59 Å². The van der Waals surface area contributed by atoms with E-state index >= 15 is 0 Å². The van der Waals surface area contributed by atoms with E-state index < -0.39 is 11.9 Å². The first kappa shape index (κ1) is 19.5. The number of furan rings is 1. The zero-order valence-corrected chi connectivity index (χ0v) is 16.7. The Morgan fingerprint density at radius 1 is 1.00 bits per heavy atom. The topological polar surface area (TPSA) is 88.3 Å². The lowest BCUT2D eigenvalue weighted by atomic mass is 10.1. The fraction of sp³-hybridized carbons (Fsp3) is 0.0909. The molecule has 0 aliphatic heterocycles. The molecule has 0 unspecified atom stereocenters. The Balaban J connectivity index is 1.70. The maximum atomic E-state index is 13.3. The minimum atomic E-state index is -1.01. The maximum Gasteiger partial charge on any atom is 0.280 e. The molecule has 0 radical (unpaired) electrons. The van der Waals surface area contributed by atoms with Gasteiger partial charge in [0.2, 0.25) is 0 Å². The molecule has 150 valence electrons. The molecule has 2 aromatic carbocycles. The fourth-order valence-corrected chi connectivity index (χ4v) is 3.49. The van der Waals surface area contributed by atoms with Crippen LogP contribution in [0.1, 0.15) is 27.9 Å². The molecule has 2 heterocycles. The van der Waals surface area contributed by atoms with Gasteiger partial charge in [-0.15, -0.1) is 5.10 Å². The molecule has 1 N–H and O–H groups in total. The third kappa shape index (κ3) is 4.28. The van der Waals surface area contributed by atoms with Crippen molar-refractivity contribution in [3.05, 3.63) is 101 Å². The average molecular weight is 418 g/mol. The lowest BCUT2D eigenvalue weighted by molar-refractivity contribution is -0.123. The standard InChI is InChI=1S/C22H18N4O3S/c27-21(23-14-16-8-3-1-4-9-16)20(19-12-7-13-29-19)26(17-10-5-2-6-11-17)22(28)18-15-30-25-24-18/h1-13,15,20H,14H2,(H,23,27)/t20-/m0/s1. The summed E-state index contributed by atoms with van der Waals surface area (Å²) in [5.74, 6) is -0.457. The number of hydrogen-bond donors (Lipinski definition) is 1. The predicted octanol–water partition coefficient (Wildman–Crippen LogP) is 3.84. The lowest BCUT2D eigenvalue weighted by Crippen LogP contribution is -2.44. The van der Waals surface area contributed by atoms with Crippen molar-refractivity contribution in [1.82, 2.24) is 14.9 Å². The van der Waals surface area contributed by atoms with Crippen LogP contribution in [0.15, 0.2) is 88.9 Å². The quantitative estimate of drug-likeness (QED) is 0.493. The highest BCUT2D eigenvalue weighted by Crippen LogP contribution is 2.30. The molecule has 0 aliphatic rings. The van der Waals surface area contributed by atoms with Crippen molar-refractivity contribution in [3.8, 4) is 0 Å². The third-order valence-corrected chi connectivity index (χ3v) is 4.97. The summed E-state index contributed by atoms with van der Waals surface area (Å²) in [5.41, 5.74) is 1.66. The largest absolute Gasteiger partial charge is 0.467 e. The molecule has 2 aromatic heterocycles. The highest BCUT2D eigenvalue weighted by Gasteiger charge is 2.36. The van der Waals surface area contributed by atoms with Gasteiger partial charge in [-0.1, -0.05) is 53.0 Å². The van der Waals surface area contributed by atoms with Gasteiger partial charge in [0, 0.05) is 17.6 Å². The van der Waals surface area contributed by atoms with E-state index in [1.807, 2.05) is 36.4 Å². The number of rotatable bonds is 7. The number of anilines is 1. The molecule has 0 aliphatic carbocycles. The molecule has 7 nitrogen and oxygen atoms in total. The van der Waals surface area contributed by atoms with Crippen LogP contribution in [0.3, 0.4) is 0 Å². The van der Waals surface area contributed by atoms with Crippen molar-refractivity contribution in [2.45, 2.75) is 12.6 Å². The van der Waals surface area contributed by atoms with Crippen molar-refractivity contribution < 1.29 is 14.0 Å². The van der Waals surface area contributed by atoms with Gasteiger partial charge in [0.05, 0.1) is 6.26 Å². The lowest BCUT2D eigenvalue weighted by Gasteiger charge is -2.29. The van der Waals surface area contributed by atoms with Crippen LogP contribution in [-0.2, 0) is 11.3 Å². The summed E-state index contributed by atoms with van der Waals surface area (Å²) in [4.78, 5) is 28.0. The first-order valence-electron chi connectivity index (χ1n) is 9.25. The van der Waals surface area contributed by atoms with Crippen LogP contribution in [-0.4, -0.2) is 21.4 Å². The second-order valence-corrected chi connectivity index (χ2v) is 7.03. The summed E-state index contributed by atoms with van der Waals surface area (Å²) in [6.07, 6.45) is 1.48. The Bertz CT molecular complexity index is 1080. The number of hydrogen-bond acceptors (Lipinski definition) is 6. The Morgan fingerprint density at radius 3 is 2.37 bits per heavy atom. The molecule has 0 bridgehead atoms. The van der Waals surface area contributed by atoms with E-state index in [-0.39, 0.29) is 11.6 Å². The molecular weight excluding hydrogens is 400 g/mol. The smallest absolute Gasteiger partial charge is 0.280 e. The summed E-state index contributed by atoms with van der Waals surface area (Å²) in [6, 6.07) is 20.9. The number of carbonyl (C=O) groups excluding carboxylic acids is 2. The minimum absolute atomic E-state index is 0.163. The second kappa shape index (κ2) is 9.15. The number of nitrogens with one attached hydrogen (secondary N) is 1. The van der Waals surface area contributed by atoms with Crippen molar-refractivity contribution in [2.24, 2.45) is 0 Å². The Labute approximate surface area is 177 Å². The van der Waals surface area contributed by atoms with Gasteiger partial charge in [-0.2, -0.15) is 0 Å². The van der Waals surface area contributed by atoms with E-state index in [4.69, 9.17) is 4.42 Å². The predicted molar refractivity (Wildman–Crippen MR) is 113 cm³/mol. The zero-order valence-electron chi connectivity index (χ0n) is 15.8. The number of benzene rings is 2. The second-order valence-electron chi connectivity index (χ2n) is 6.42. The molecule has 0 fully saturated rings. The highest BCUT2D eigenvalue weighted by atomic mass is 32.1. The summed E-state index contributed by atoms with van der Waals surface area (Å²) in [6.45, 7) is 0.325. The molecule has 0 saturated carbocycles. The maximum absolute atomic E-state index is 13.3. The molecule has 0 spiro atoms. The van der Waals surface area contributed by atoms with Crippen LogP contribution in [0.25, 0.3) is 0 Å². The van der Waals surface area contributed by atoms with Gasteiger partial charge < -0.3 is 9.73 Å². The van der Waals surface area contributed by atoms with Gasteiger partial charge >= 0.3 is 0 Å². The number of nitrogens with zero attached hydrogens (tertiary/aromatic N) is 3. The van der Waals surface area contributed by atoms with Gasteiger partial charge in [-0.05, 0) is 41.4 Å². The van der Waals surface area contributed by atoms with E-state index in [0.717, 1.165) is 17.1 Å². The molecule has 30 heavy (non-hydrogen) atoms. The molecule has 4 aromatic rings. The van der Waals surface area contributed by atoms with Gasteiger partial charge in [0.25, 0.3) is 11.8 Å². The van der Waals surface area contributed by atoms with Gasteiger partial charge in [-0.25, -0.2) is 0 Å². The van der Waals surface area contributed by atoms with Crippen molar-refractivity contribution in [3.63, 3.8) is 0 Å². The summed E-state index contributed by atoms with van der Waals surface area (Å²) < 4.78 is 9.33. The first-order valence-corrected chi connectivity index (χ1v) is 10.1. The molecule has 4 rings (SSSR count). The molecule has 8 heteroatoms. The molecule has 1 atom stereocenters. The van der Waals surface area contributed by atoms with Crippen LogP contribution in [0.4, 0.5) is 5.69 Å². The fourth-order valence-electron chi connectivity index (χ4n) is 3.06. The molecular formula is C22H18N4O3S. The van der Waals surface area contributed by atoms with E-state index in [2.05, 4.69) is 14.9 Å². The summed E-state index contributed by atoms with van der Waals surface area (Å²) >= 11 is 1.07. The van der Waals surface area contributed by atoms with Gasteiger partial charge in [0.15, 0.2) is 11.7 Å². The highest BCUT2D eigenvalue weighted by molar-refractivity contribution is 7.03. The molecule has 0 saturated heterocycles. The van der Waals surface area contributed by atoms with Crippen LogP contribution < -0.4 is 10.2 Å². The van der Waals surface area contributed by atoms with Crippen LogP contribution in [0.5, 0.6) is 0 Å². The van der Waals surface area contributed by atoms with Gasteiger partial charge in [-0.3, -0.25) is 14.5 Å². The Hall–Kier alpha value is -3.78. The third-order valence-electron chi connectivity index (χ3n) is 4.46. The van der Waals surface area contributed by atoms with E-state index in [1.165, 1.54) is 11.2 Å². The number of amides is 2. The summed E-state index contributed by atoms with van der Waals surface area (Å²) in [5, 5.41) is 8.36. The number of carbonyl (C=O) groups is 2. The monoisotopic (exact) mass is 418 g/mol. The van der Waals surface area contributed by atoms with Crippen LogP contribution >= 0.6 is 11.5 Å². The van der Waals surface area contributed by atoms with E-state index in [0.29, 0.717) is 18.0 Å². The first-order chi connectivity index (χ1) is 14.7. The average Bonchev–Trinajstić information content (AvgIpc) is 3.51. The van der Waals surface area contributed by atoms with Crippen LogP contribution in [0.2, 0.25) is 0 Å². The molecule has 2 amide bonds. The van der Waals surface area contributed by atoms with Crippen molar-refractivity contribution in [2.75, 3.05) is 4.90 Å². The van der Waals surface area contributed by atoms with Gasteiger partial charge in [0.1, 0.15) is 5.76 Å². The zero-order chi connectivity index (χ0) is 20.8. The van der Waals surface area contributed by atoms with Crippen molar-refractivity contribution in [1.29, 1.82) is 0 Å².